The fraction of sp³-hybridized carbons (Fsp3) is 0.0741. The number of benzene rings is 4. The van der Waals surface area contributed by atoms with Crippen LogP contribution in [0, 0.1) is 25.2 Å². The number of H-pyrrole nitrogens is 1. The van der Waals surface area contributed by atoms with Gasteiger partial charge < -0.3 is 4.98 Å². The van der Waals surface area contributed by atoms with E-state index in [2.05, 4.69) is 34.2 Å². The Balaban J connectivity index is 1.82. The molecule has 0 spiro atoms. The monoisotopic (exact) mass is 401 g/mol. The zero-order valence-electron chi connectivity index (χ0n) is 17.2. The van der Waals surface area contributed by atoms with Gasteiger partial charge >= 0.3 is 0 Å². The minimum absolute atomic E-state index is 0.240. The van der Waals surface area contributed by atoms with Gasteiger partial charge in [0, 0.05) is 0 Å². The van der Waals surface area contributed by atoms with Crippen LogP contribution in [0.4, 0.5) is 0 Å². The molecule has 0 bridgehead atoms. The molecule has 0 aliphatic rings. The van der Waals surface area contributed by atoms with Crippen molar-refractivity contribution in [1.29, 1.82) is 5.26 Å². The second kappa shape index (κ2) is 7.23. The van der Waals surface area contributed by atoms with Crippen LogP contribution in [-0.2, 0) is 0 Å². The first-order chi connectivity index (χ1) is 15.0. The highest BCUT2D eigenvalue weighted by Crippen LogP contribution is 2.31. The van der Waals surface area contributed by atoms with E-state index in [-0.39, 0.29) is 11.4 Å². The van der Waals surface area contributed by atoms with Gasteiger partial charge in [0.2, 0.25) is 0 Å². The number of aromatic nitrogens is 2. The number of nitrogens with one attached hydrogen (secondary N) is 1. The van der Waals surface area contributed by atoms with Crippen molar-refractivity contribution >= 4 is 44.1 Å². The van der Waals surface area contributed by atoms with Gasteiger partial charge in [0.05, 0.1) is 16.5 Å². The van der Waals surface area contributed by atoms with Crippen molar-refractivity contribution in [3.05, 3.63) is 99.6 Å². The van der Waals surface area contributed by atoms with Crippen LogP contribution in [0.25, 0.3) is 44.1 Å². The average molecular weight is 401 g/mol. The molecule has 0 saturated heterocycles. The van der Waals surface area contributed by atoms with Crippen molar-refractivity contribution in [2.45, 2.75) is 13.8 Å². The van der Waals surface area contributed by atoms with E-state index in [1.54, 1.807) is 0 Å². The summed E-state index contributed by atoms with van der Waals surface area (Å²) in [6.45, 7) is 3.88. The molecule has 4 heteroatoms. The Hall–Kier alpha value is -4.23. The predicted octanol–water partition coefficient (Wildman–Crippen LogP) is 5.91. The molecule has 0 aliphatic heterocycles. The Kier molecular flexibility index (Phi) is 4.38. The summed E-state index contributed by atoms with van der Waals surface area (Å²) in [5.74, 6) is 0.281. The Bertz CT molecular complexity index is 1580. The first kappa shape index (κ1) is 18.8. The Morgan fingerprint density at radius 3 is 2.23 bits per heavy atom. The third kappa shape index (κ3) is 3.17. The van der Waals surface area contributed by atoms with Gasteiger partial charge in [-0.25, -0.2) is 4.98 Å². The lowest BCUT2D eigenvalue weighted by Crippen LogP contribution is -2.12. The van der Waals surface area contributed by atoms with Crippen LogP contribution in [0.5, 0.6) is 0 Å². The van der Waals surface area contributed by atoms with Gasteiger partial charge in [-0.2, -0.15) is 5.26 Å². The zero-order valence-corrected chi connectivity index (χ0v) is 17.2. The topological polar surface area (TPSA) is 69.5 Å². The second-order valence-electron chi connectivity index (χ2n) is 7.79. The third-order valence-corrected chi connectivity index (χ3v) is 5.62. The van der Waals surface area contributed by atoms with E-state index >= 15 is 0 Å². The van der Waals surface area contributed by atoms with Crippen molar-refractivity contribution in [1.82, 2.24) is 9.97 Å². The fourth-order valence-electron chi connectivity index (χ4n) is 4.23. The predicted molar refractivity (Wildman–Crippen MR) is 127 cm³/mol. The lowest BCUT2D eigenvalue weighted by molar-refractivity contribution is 1.12. The first-order valence-corrected chi connectivity index (χ1v) is 10.1. The maximum Gasteiger partial charge on any atom is 0.259 e. The van der Waals surface area contributed by atoms with Gasteiger partial charge in [0.25, 0.3) is 5.56 Å². The molecular weight excluding hydrogens is 382 g/mol. The van der Waals surface area contributed by atoms with Crippen molar-refractivity contribution in [3.63, 3.8) is 0 Å². The molecule has 4 aromatic carbocycles. The van der Waals surface area contributed by atoms with E-state index in [0.29, 0.717) is 16.5 Å². The number of rotatable bonds is 2. The summed E-state index contributed by atoms with van der Waals surface area (Å²) >= 11 is 0. The van der Waals surface area contributed by atoms with Gasteiger partial charge in [0.1, 0.15) is 6.07 Å². The summed E-state index contributed by atoms with van der Waals surface area (Å²) in [4.78, 5) is 20.2. The van der Waals surface area contributed by atoms with Gasteiger partial charge in [-0.15, -0.1) is 0 Å². The van der Waals surface area contributed by atoms with Gasteiger partial charge in [-0.1, -0.05) is 54.6 Å². The van der Waals surface area contributed by atoms with Crippen LogP contribution < -0.4 is 5.56 Å². The highest BCUT2D eigenvalue weighted by molar-refractivity contribution is 6.09. The van der Waals surface area contributed by atoms with E-state index in [1.807, 2.05) is 68.5 Å². The number of nitriles is 1. The van der Waals surface area contributed by atoms with Gasteiger partial charge in [-0.3, -0.25) is 4.79 Å². The molecule has 31 heavy (non-hydrogen) atoms. The number of hydrogen-bond acceptors (Lipinski definition) is 3. The van der Waals surface area contributed by atoms with Crippen molar-refractivity contribution in [2.24, 2.45) is 0 Å². The van der Waals surface area contributed by atoms with Crippen molar-refractivity contribution in [3.8, 4) is 6.07 Å². The Morgan fingerprint density at radius 1 is 0.935 bits per heavy atom. The summed E-state index contributed by atoms with van der Waals surface area (Å²) in [5, 5.41) is 14.8. The van der Waals surface area contributed by atoms with E-state index in [1.165, 1.54) is 0 Å². The van der Waals surface area contributed by atoms with Crippen LogP contribution in [0.2, 0.25) is 0 Å². The molecule has 5 aromatic rings. The minimum Gasteiger partial charge on any atom is -0.305 e. The standard InChI is InChI=1S/C27H19N3O/c1-16-11-17(2)25-24(12-16)27(31)30-26(29-25)20(15-28)14-23-21-9-5-3-7-18(21)13-19-8-4-6-10-22(19)23/h3-14H,1-2H3,(H,29,30,31)/b20-14+. The number of fused-ring (bicyclic) bond motifs is 3. The average Bonchev–Trinajstić information content (AvgIpc) is 2.77. The smallest absolute Gasteiger partial charge is 0.259 e. The lowest BCUT2D eigenvalue weighted by atomic mass is 9.95. The molecule has 1 N–H and O–H groups in total. The highest BCUT2D eigenvalue weighted by atomic mass is 16.1. The largest absolute Gasteiger partial charge is 0.305 e. The SMILES string of the molecule is Cc1cc(C)c2nc(/C(C#N)=C/c3c4ccccc4cc4ccccc34)[nH]c(=O)c2c1. The maximum atomic E-state index is 12.8. The maximum absolute atomic E-state index is 12.8. The van der Waals surface area contributed by atoms with Crippen LogP contribution >= 0.6 is 0 Å². The summed E-state index contributed by atoms with van der Waals surface area (Å²) in [5.41, 5.74) is 3.55. The summed E-state index contributed by atoms with van der Waals surface area (Å²) in [6.07, 6.45) is 1.83. The van der Waals surface area contributed by atoms with E-state index in [0.717, 1.165) is 38.2 Å². The Morgan fingerprint density at radius 2 is 1.58 bits per heavy atom. The van der Waals surface area contributed by atoms with Crippen LogP contribution in [0.15, 0.2) is 71.5 Å². The molecule has 1 heterocycles. The van der Waals surface area contributed by atoms with Gasteiger partial charge in [0.15, 0.2) is 5.82 Å². The van der Waals surface area contributed by atoms with Crippen molar-refractivity contribution in [2.75, 3.05) is 0 Å². The third-order valence-electron chi connectivity index (χ3n) is 5.62. The molecule has 4 nitrogen and oxygen atoms in total. The molecular formula is C27H19N3O. The first-order valence-electron chi connectivity index (χ1n) is 10.1. The van der Waals surface area contributed by atoms with E-state index in [4.69, 9.17) is 0 Å². The second-order valence-corrected chi connectivity index (χ2v) is 7.79. The van der Waals surface area contributed by atoms with Crippen LogP contribution in [0.1, 0.15) is 22.5 Å². The molecule has 148 valence electrons. The molecule has 5 rings (SSSR count). The molecule has 0 aliphatic carbocycles. The molecule has 0 radical (unpaired) electrons. The normalized spacial score (nSPS) is 11.8. The molecule has 0 fully saturated rings. The number of aromatic amines is 1. The molecule has 0 amide bonds. The fourth-order valence-corrected chi connectivity index (χ4v) is 4.23. The summed E-state index contributed by atoms with van der Waals surface area (Å²) in [6, 6.07) is 24.4. The minimum atomic E-state index is -0.240. The number of hydrogen-bond donors (Lipinski definition) is 1. The van der Waals surface area contributed by atoms with E-state index in [9.17, 15) is 10.1 Å². The summed E-state index contributed by atoms with van der Waals surface area (Å²) in [7, 11) is 0. The molecule has 0 unspecified atom stereocenters. The van der Waals surface area contributed by atoms with E-state index < -0.39 is 0 Å². The highest BCUT2D eigenvalue weighted by Gasteiger charge is 2.13. The van der Waals surface area contributed by atoms with Gasteiger partial charge in [-0.05, 0) is 70.3 Å². The number of aryl methyl sites for hydroxylation is 2. The lowest BCUT2D eigenvalue weighted by Gasteiger charge is -2.10. The quantitative estimate of drug-likeness (QED) is 0.295. The van der Waals surface area contributed by atoms with Crippen LogP contribution in [-0.4, -0.2) is 9.97 Å². The molecule has 0 saturated carbocycles. The van der Waals surface area contributed by atoms with Crippen LogP contribution in [0.3, 0.4) is 0 Å². The number of allylic oxidation sites excluding steroid dienone is 1. The summed E-state index contributed by atoms with van der Waals surface area (Å²) < 4.78 is 0. The zero-order chi connectivity index (χ0) is 21.5. The Labute approximate surface area is 179 Å². The molecule has 1 aromatic heterocycles. The molecule has 0 atom stereocenters. The van der Waals surface area contributed by atoms with Crippen molar-refractivity contribution < 1.29 is 0 Å². The number of nitrogens with zero attached hydrogens (tertiary/aromatic N) is 2.